The van der Waals surface area contributed by atoms with Crippen LogP contribution in [0.15, 0.2) is 23.5 Å². The molecule has 9 heteroatoms. The fourth-order valence-corrected chi connectivity index (χ4v) is 1.79. The number of nitrogens with one attached hydrogen (secondary N) is 2. The van der Waals surface area contributed by atoms with Gasteiger partial charge in [0, 0.05) is 13.7 Å². The van der Waals surface area contributed by atoms with Crippen LogP contribution in [0.25, 0.3) is 0 Å². The predicted octanol–water partition coefficient (Wildman–Crippen LogP) is -0.501. The third-order valence-corrected chi connectivity index (χ3v) is 2.81. The van der Waals surface area contributed by atoms with E-state index in [0.29, 0.717) is 19.0 Å². The molecule has 0 saturated carbocycles. The number of H-pyrrole nitrogens is 1. The molecule has 0 aliphatic carbocycles. The van der Waals surface area contributed by atoms with E-state index in [9.17, 15) is 9.59 Å². The molecule has 0 bridgehead atoms. The largest absolute Gasteiger partial charge is 0.383 e. The quantitative estimate of drug-likeness (QED) is 0.741. The van der Waals surface area contributed by atoms with E-state index in [1.807, 2.05) is 0 Å². The molecule has 0 aliphatic heterocycles. The highest BCUT2D eigenvalue weighted by Gasteiger charge is 2.17. The lowest BCUT2D eigenvalue weighted by Gasteiger charge is -2.14. The van der Waals surface area contributed by atoms with Gasteiger partial charge in [-0.05, 0) is 6.92 Å². The second-order valence-corrected chi connectivity index (χ2v) is 4.38. The zero-order valence-corrected chi connectivity index (χ0v) is 11.7. The molecule has 0 aromatic carbocycles. The summed E-state index contributed by atoms with van der Waals surface area (Å²) < 4.78 is 6.79. The SMILES string of the molecule is COCCn1cnnc1C(C)NC(=O)c1cncc(=O)[nH]1. The fourth-order valence-electron chi connectivity index (χ4n) is 1.79. The normalized spacial score (nSPS) is 12.1. The highest BCUT2D eigenvalue weighted by Crippen LogP contribution is 2.09. The number of methoxy groups -OCH3 is 1. The average Bonchev–Trinajstić information content (AvgIpc) is 2.93. The van der Waals surface area contributed by atoms with Crippen molar-refractivity contribution in [3.63, 3.8) is 0 Å². The molecule has 2 aromatic rings. The minimum absolute atomic E-state index is 0.0947. The van der Waals surface area contributed by atoms with E-state index in [1.165, 1.54) is 6.20 Å². The second-order valence-electron chi connectivity index (χ2n) is 4.38. The van der Waals surface area contributed by atoms with Crippen molar-refractivity contribution < 1.29 is 9.53 Å². The number of carbonyl (C=O) groups is 1. The summed E-state index contributed by atoms with van der Waals surface area (Å²) in [5.41, 5.74) is -0.337. The molecule has 21 heavy (non-hydrogen) atoms. The maximum absolute atomic E-state index is 12.0. The van der Waals surface area contributed by atoms with Crippen molar-refractivity contribution in [2.24, 2.45) is 0 Å². The Morgan fingerprint density at radius 3 is 3.05 bits per heavy atom. The molecule has 1 amide bonds. The minimum atomic E-state index is -0.436. The molecule has 2 rings (SSSR count). The number of rotatable bonds is 6. The zero-order chi connectivity index (χ0) is 15.2. The number of amides is 1. The monoisotopic (exact) mass is 292 g/mol. The Bertz CT molecular complexity index is 665. The first kappa shape index (κ1) is 14.9. The molecule has 1 atom stereocenters. The molecule has 0 saturated heterocycles. The van der Waals surface area contributed by atoms with Crippen LogP contribution in [0.4, 0.5) is 0 Å². The molecular weight excluding hydrogens is 276 g/mol. The van der Waals surface area contributed by atoms with Gasteiger partial charge in [0.1, 0.15) is 12.0 Å². The summed E-state index contributed by atoms with van der Waals surface area (Å²) in [6.45, 7) is 2.88. The first-order valence-corrected chi connectivity index (χ1v) is 6.33. The maximum atomic E-state index is 12.0. The summed E-state index contributed by atoms with van der Waals surface area (Å²) in [6, 6.07) is -0.374. The molecule has 9 nitrogen and oxygen atoms in total. The lowest BCUT2D eigenvalue weighted by atomic mass is 10.3. The summed E-state index contributed by atoms with van der Waals surface area (Å²) in [6.07, 6.45) is 3.96. The van der Waals surface area contributed by atoms with Crippen LogP contribution < -0.4 is 10.9 Å². The van der Waals surface area contributed by atoms with E-state index in [1.54, 1.807) is 24.9 Å². The number of hydrogen-bond acceptors (Lipinski definition) is 6. The number of aromatic nitrogens is 5. The summed E-state index contributed by atoms with van der Waals surface area (Å²) in [5, 5.41) is 10.5. The van der Waals surface area contributed by atoms with Crippen LogP contribution in [0.1, 0.15) is 29.3 Å². The van der Waals surface area contributed by atoms with Gasteiger partial charge in [0.2, 0.25) is 0 Å². The molecule has 2 heterocycles. The molecule has 0 fully saturated rings. The summed E-state index contributed by atoms with van der Waals surface area (Å²) in [4.78, 5) is 29.3. The van der Waals surface area contributed by atoms with Crippen molar-refractivity contribution in [3.8, 4) is 0 Å². The summed E-state index contributed by atoms with van der Waals surface area (Å²) in [5.74, 6) is 0.167. The van der Waals surface area contributed by atoms with Gasteiger partial charge in [-0.1, -0.05) is 0 Å². The number of nitrogens with zero attached hydrogens (tertiary/aromatic N) is 4. The van der Waals surface area contributed by atoms with E-state index in [0.717, 1.165) is 6.20 Å². The van der Waals surface area contributed by atoms with E-state index in [4.69, 9.17) is 4.74 Å². The number of aromatic amines is 1. The number of hydrogen-bond donors (Lipinski definition) is 2. The van der Waals surface area contributed by atoms with Crippen molar-refractivity contribution in [1.29, 1.82) is 0 Å². The van der Waals surface area contributed by atoms with Crippen molar-refractivity contribution in [1.82, 2.24) is 30.0 Å². The van der Waals surface area contributed by atoms with E-state index >= 15 is 0 Å². The fraction of sp³-hybridized carbons (Fsp3) is 0.417. The Morgan fingerprint density at radius 1 is 1.52 bits per heavy atom. The van der Waals surface area contributed by atoms with Gasteiger partial charge in [0.25, 0.3) is 11.5 Å². The van der Waals surface area contributed by atoms with Gasteiger partial charge in [-0.25, -0.2) is 0 Å². The standard InChI is InChI=1S/C12H16N6O3/c1-8(11-17-14-7-18(11)3-4-21-2)15-12(20)9-5-13-6-10(19)16-9/h5-8H,3-4H2,1-2H3,(H,15,20)(H,16,19). The third-order valence-electron chi connectivity index (χ3n) is 2.81. The molecule has 2 N–H and O–H groups in total. The number of ether oxygens (including phenoxy) is 1. The lowest BCUT2D eigenvalue weighted by Crippen LogP contribution is -2.31. The maximum Gasteiger partial charge on any atom is 0.269 e. The van der Waals surface area contributed by atoms with Crippen molar-refractivity contribution >= 4 is 5.91 Å². The van der Waals surface area contributed by atoms with Crippen LogP contribution in [0.2, 0.25) is 0 Å². The summed E-state index contributed by atoms with van der Waals surface area (Å²) >= 11 is 0. The van der Waals surface area contributed by atoms with Crippen LogP contribution in [0.5, 0.6) is 0 Å². The molecule has 0 aliphatic rings. The van der Waals surface area contributed by atoms with Crippen LogP contribution >= 0.6 is 0 Å². The van der Waals surface area contributed by atoms with Gasteiger partial charge in [0.05, 0.1) is 25.0 Å². The topological polar surface area (TPSA) is 115 Å². The van der Waals surface area contributed by atoms with Crippen LogP contribution in [0.3, 0.4) is 0 Å². The smallest absolute Gasteiger partial charge is 0.269 e. The minimum Gasteiger partial charge on any atom is -0.383 e. The number of carbonyl (C=O) groups excluding carboxylic acids is 1. The van der Waals surface area contributed by atoms with Gasteiger partial charge in [0.15, 0.2) is 5.82 Å². The van der Waals surface area contributed by atoms with Gasteiger partial charge < -0.3 is 19.6 Å². The predicted molar refractivity (Wildman–Crippen MR) is 72.6 cm³/mol. The average molecular weight is 292 g/mol. The molecule has 2 aromatic heterocycles. The van der Waals surface area contributed by atoms with Gasteiger partial charge in [-0.15, -0.1) is 10.2 Å². The Hall–Kier alpha value is -2.55. The Labute approximate surface area is 120 Å². The molecule has 0 radical (unpaired) electrons. The van der Waals surface area contributed by atoms with E-state index < -0.39 is 11.5 Å². The van der Waals surface area contributed by atoms with Gasteiger partial charge in [-0.2, -0.15) is 0 Å². The third kappa shape index (κ3) is 3.72. The lowest BCUT2D eigenvalue weighted by molar-refractivity contribution is 0.0931. The highest BCUT2D eigenvalue weighted by molar-refractivity contribution is 5.92. The summed E-state index contributed by atoms with van der Waals surface area (Å²) in [7, 11) is 1.61. The first-order chi connectivity index (χ1) is 10.1. The highest BCUT2D eigenvalue weighted by atomic mass is 16.5. The van der Waals surface area contributed by atoms with Crippen LogP contribution in [-0.4, -0.2) is 44.4 Å². The Kier molecular flexibility index (Phi) is 4.77. The zero-order valence-electron chi connectivity index (χ0n) is 11.7. The van der Waals surface area contributed by atoms with Crippen molar-refractivity contribution in [3.05, 3.63) is 40.6 Å². The molecule has 0 spiro atoms. The molecular formula is C12H16N6O3. The molecule has 112 valence electrons. The van der Waals surface area contributed by atoms with Gasteiger partial charge >= 0.3 is 0 Å². The Morgan fingerprint density at radius 2 is 2.33 bits per heavy atom. The Balaban J connectivity index is 2.07. The molecule has 1 unspecified atom stereocenters. The first-order valence-electron chi connectivity index (χ1n) is 6.33. The van der Waals surface area contributed by atoms with Crippen LogP contribution in [-0.2, 0) is 11.3 Å². The van der Waals surface area contributed by atoms with E-state index in [-0.39, 0.29) is 11.7 Å². The van der Waals surface area contributed by atoms with Crippen molar-refractivity contribution in [2.75, 3.05) is 13.7 Å². The van der Waals surface area contributed by atoms with E-state index in [2.05, 4.69) is 25.5 Å². The van der Waals surface area contributed by atoms with Crippen molar-refractivity contribution in [2.45, 2.75) is 19.5 Å². The van der Waals surface area contributed by atoms with Crippen LogP contribution in [0, 0.1) is 0 Å². The van der Waals surface area contributed by atoms with Gasteiger partial charge in [-0.3, -0.25) is 14.6 Å². The second kappa shape index (κ2) is 6.75.